The smallest absolute Gasteiger partial charge is 0.340 e. The molecule has 5 aromatic carbocycles. The van der Waals surface area contributed by atoms with Gasteiger partial charge in [0.2, 0.25) is 0 Å². The molecule has 2 saturated heterocycles. The Morgan fingerprint density at radius 3 is 1.35 bits per heavy atom. The van der Waals surface area contributed by atoms with Gasteiger partial charge in [-0.1, -0.05) is 66.7 Å². The molecule has 3 aliphatic rings. The highest BCUT2D eigenvalue weighted by Gasteiger charge is 2.43. The molecule has 0 unspecified atom stereocenters. The zero-order valence-electron chi connectivity index (χ0n) is 29.9. The van der Waals surface area contributed by atoms with Crippen molar-refractivity contribution in [2.75, 3.05) is 50.2 Å². The lowest BCUT2D eigenvalue weighted by molar-refractivity contribution is 0.0299. The maximum absolute atomic E-state index is 13.8. The molecule has 5 aromatic rings. The van der Waals surface area contributed by atoms with E-state index in [1.807, 2.05) is 48.5 Å². The van der Waals surface area contributed by atoms with Crippen LogP contribution >= 0.6 is 0 Å². The predicted molar refractivity (Wildman–Crippen MR) is 209 cm³/mol. The van der Waals surface area contributed by atoms with E-state index >= 15 is 0 Å². The van der Waals surface area contributed by atoms with Gasteiger partial charge in [-0.3, -0.25) is 0 Å². The minimum atomic E-state index is -1.22. The molecule has 6 heteroatoms. The van der Waals surface area contributed by atoms with Crippen molar-refractivity contribution in [3.05, 3.63) is 167 Å². The van der Waals surface area contributed by atoms with E-state index in [9.17, 15) is 4.79 Å². The molecule has 3 heterocycles. The number of benzene rings is 5. The van der Waals surface area contributed by atoms with Crippen LogP contribution < -0.4 is 19.3 Å². The number of cyclic esters (lactones) is 1. The van der Waals surface area contributed by atoms with Gasteiger partial charge in [0.1, 0.15) is 11.5 Å². The van der Waals surface area contributed by atoms with Crippen LogP contribution in [0.25, 0.3) is 11.1 Å². The molecular weight excluding hydrogens is 645 g/mol. The van der Waals surface area contributed by atoms with Gasteiger partial charge in [0, 0.05) is 43.1 Å². The number of anilines is 2. The van der Waals surface area contributed by atoms with Gasteiger partial charge in [0.15, 0.2) is 5.60 Å². The molecule has 0 atom stereocenters. The Hall–Kier alpha value is -5.75. The van der Waals surface area contributed by atoms with E-state index in [2.05, 4.69) is 94.7 Å². The number of methoxy groups -OCH3 is 2. The van der Waals surface area contributed by atoms with E-state index in [0.717, 1.165) is 76.6 Å². The Balaban J connectivity index is 1.34. The first-order valence-corrected chi connectivity index (χ1v) is 18.3. The van der Waals surface area contributed by atoms with E-state index in [0.29, 0.717) is 5.56 Å². The summed E-state index contributed by atoms with van der Waals surface area (Å²) < 4.78 is 17.7. The monoisotopic (exact) mass is 688 g/mol. The zero-order chi connectivity index (χ0) is 35.5. The average Bonchev–Trinajstić information content (AvgIpc) is 4.00. The number of esters is 1. The molecule has 0 bridgehead atoms. The third-order valence-electron chi connectivity index (χ3n) is 10.6. The van der Waals surface area contributed by atoms with Crippen LogP contribution in [0.3, 0.4) is 0 Å². The topological polar surface area (TPSA) is 51.2 Å². The van der Waals surface area contributed by atoms with Crippen LogP contribution in [-0.2, 0) is 10.3 Å². The summed E-state index contributed by atoms with van der Waals surface area (Å²) in [5.41, 5.74) is 8.54. The lowest BCUT2D eigenvalue weighted by atomic mass is 9.83. The first-order valence-electron chi connectivity index (χ1n) is 18.3. The third-order valence-corrected chi connectivity index (χ3v) is 10.6. The molecule has 0 amide bonds. The lowest BCUT2D eigenvalue weighted by Crippen LogP contribution is -2.22. The van der Waals surface area contributed by atoms with Crippen molar-refractivity contribution in [2.45, 2.75) is 31.3 Å². The van der Waals surface area contributed by atoms with Crippen LogP contribution in [0.15, 0.2) is 133 Å². The molecule has 0 aliphatic carbocycles. The van der Waals surface area contributed by atoms with Crippen molar-refractivity contribution >= 4 is 28.5 Å². The Morgan fingerprint density at radius 1 is 0.558 bits per heavy atom. The number of carbonyl (C=O) groups is 1. The summed E-state index contributed by atoms with van der Waals surface area (Å²) in [6.45, 7) is 4.31. The lowest BCUT2D eigenvalue weighted by Gasteiger charge is -2.27. The standard InChI is InChI=1S/C46H44N2O4/c1-50-39-23-15-35(16-24-39)42(33-11-19-37(20-12-33)47-27-5-6-28-47)31-46(44-10-4-3-9-41(44)45(49)52-46)32-43(36-17-25-40(51-2)26-18-36)34-13-21-38(22-14-34)48-29-7-8-30-48/h3-4,9-26,31-32H,5-8,27-30H2,1-2H3. The number of hydrogen-bond acceptors (Lipinski definition) is 6. The second-order valence-electron chi connectivity index (χ2n) is 13.8. The van der Waals surface area contributed by atoms with E-state index in [-0.39, 0.29) is 5.97 Å². The summed E-state index contributed by atoms with van der Waals surface area (Å²) in [6.07, 6.45) is 9.13. The van der Waals surface area contributed by atoms with Crippen molar-refractivity contribution < 1.29 is 19.0 Å². The van der Waals surface area contributed by atoms with E-state index in [4.69, 9.17) is 14.2 Å². The molecule has 0 N–H and O–H groups in total. The fourth-order valence-electron chi connectivity index (χ4n) is 7.81. The highest BCUT2D eigenvalue weighted by Crippen LogP contribution is 2.45. The minimum absolute atomic E-state index is 0.347. The number of carbonyl (C=O) groups excluding carboxylic acids is 1. The van der Waals surface area contributed by atoms with Crippen LogP contribution in [0.5, 0.6) is 11.5 Å². The van der Waals surface area contributed by atoms with E-state index in [1.54, 1.807) is 14.2 Å². The molecule has 52 heavy (non-hydrogen) atoms. The largest absolute Gasteiger partial charge is 0.497 e. The van der Waals surface area contributed by atoms with Crippen LogP contribution in [0.1, 0.15) is 63.9 Å². The second-order valence-corrected chi connectivity index (χ2v) is 13.8. The quantitative estimate of drug-likeness (QED) is 0.136. The number of rotatable bonds is 10. The number of fused-ring (bicyclic) bond motifs is 1. The number of nitrogens with zero attached hydrogens (tertiary/aromatic N) is 2. The van der Waals surface area contributed by atoms with Crippen molar-refractivity contribution in [1.29, 1.82) is 0 Å². The van der Waals surface area contributed by atoms with Crippen LogP contribution in [0.4, 0.5) is 11.4 Å². The molecule has 0 radical (unpaired) electrons. The maximum atomic E-state index is 13.8. The first kappa shape index (κ1) is 33.4. The molecule has 262 valence electrons. The summed E-state index contributed by atoms with van der Waals surface area (Å²) in [5.74, 6) is 1.21. The first-order chi connectivity index (χ1) is 25.5. The Morgan fingerprint density at radius 2 is 0.942 bits per heavy atom. The van der Waals surface area contributed by atoms with Gasteiger partial charge in [-0.2, -0.15) is 0 Å². The minimum Gasteiger partial charge on any atom is -0.497 e. The summed E-state index contributed by atoms with van der Waals surface area (Å²) in [7, 11) is 3.35. The van der Waals surface area contributed by atoms with E-state index in [1.165, 1.54) is 37.1 Å². The van der Waals surface area contributed by atoms with Crippen molar-refractivity contribution in [2.24, 2.45) is 0 Å². The number of hydrogen-bond donors (Lipinski definition) is 0. The van der Waals surface area contributed by atoms with Crippen molar-refractivity contribution in [3.8, 4) is 11.5 Å². The van der Waals surface area contributed by atoms with E-state index < -0.39 is 5.60 Å². The third kappa shape index (κ3) is 6.57. The van der Waals surface area contributed by atoms with Gasteiger partial charge < -0.3 is 24.0 Å². The van der Waals surface area contributed by atoms with Gasteiger partial charge in [0.05, 0.1) is 19.8 Å². The summed E-state index contributed by atoms with van der Waals surface area (Å²) in [6, 6.07) is 41.5. The van der Waals surface area contributed by atoms with Gasteiger partial charge in [-0.25, -0.2) is 4.79 Å². The highest BCUT2D eigenvalue weighted by atomic mass is 16.6. The van der Waals surface area contributed by atoms with Gasteiger partial charge in [-0.05, 0) is 126 Å². The molecule has 6 nitrogen and oxygen atoms in total. The van der Waals surface area contributed by atoms with Crippen LogP contribution in [0, 0.1) is 0 Å². The highest BCUT2D eigenvalue weighted by molar-refractivity contribution is 5.97. The Bertz CT molecular complexity index is 1970. The maximum Gasteiger partial charge on any atom is 0.340 e. The molecule has 0 aromatic heterocycles. The zero-order valence-corrected chi connectivity index (χ0v) is 29.9. The van der Waals surface area contributed by atoms with Gasteiger partial charge >= 0.3 is 5.97 Å². The van der Waals surface area contributed by atoms with Crippen molar-refractivity contribution in [3.63, 3.8) is 0 Å². The molecule has 0 spiro atoms. The second kappa shape index (κ2) is 14.5. The molecule has 3 aliphatic heterocycles. The van der Waals surface area contributed by atoms with Gasteiger partial charge in [0.25, 0.3) is 0 Å². The Labute approximate surface area is 306 Å². The molecule has 0 saturated carbocycles. The number of ether oxygens (including phenoxy) is 3. The predicted octanol–water partition coefficient (Wildman–Crippen LogP) is 9.53. The fraction of sp³-hybridized carbons (Fsp3) is 0.239. The SMILES string of the molecule is COc1ccc(C(=CC2(C=C(c3ccc(OC)cc3)c3ccc(N4CCCC4)cc3)OC(=O)c3ccccc32)c2ccc(N3CCCC3)cc2)cc1. The van der Waals surface area contributed by atoms with Gasteiger partial charge in [-0.15, -0.1) is 0 Å². The summed E-state index contributed by atoms with van der Waals surface area (Å²) >= 11 is 0. The fourth-order valence-corrected chi connectivity index (χ4v) is 7.81. The summed E-state index contributed by atoms with van der Waals surface area (Å²) in [4.78, 5) is 18.7. The molecular formula is C46H44N2O4. The molecule has 8 rings (SSSR count). The van der Waals surface area contributed by atoms with Crippen LogP contribution in [0.2, 0.25) is 0 Å². The average molecular weight is 689 g/mol. The molecule has 2 fully saturated rings. The summed E-state index contributed by atoms with van der Waals surface area (Å²) in [5, 5.41) is 0. The Kier molecular flexibility index (Phi) is 9.29. The van der Waals surface area contributed by atoms with Crippen molar-refractivity contribution in [1.82, 2.24) is 0 Å². The van der Waals surface area contributed by atoms with Crippen LogP contribution in [-0.4, -0.2) is 46.4 Å². The normalized spacial score (nSPS) is 18.8.